The van der Waals surface area contributed by atoms with Crippen molar-refractivity contribution < 1.29 is 4.79 Å². The van der Waals surface area contributed by atoms with Crippen molar-refractivity contribution in [2.24, 2.45) is 5.73 Å². The summed E-state index contributed by atoms with van der Waals surface area (Å²) in [6, 6.07) is 7.04. The number of aromatic amines is 1. The number of primary amides is 1. The van der Waals surface area contributed by atoms with Gasteiger partial charge in [0.05, 0.1) is 0 Å². The van der Waals surface area contributed by atoms with E-state index in [9.17, 15) is 4.79 Å². The quantitative estimate of drug-likeness (QED) is 0.885. The van der Waals surface area contributed by atoms with Gasteiger partial charge in [-0.1, -0.05) is 6.07 Å². The van der Waals surface area contributed by atoms with E-state index in [1.807, 2.05) is 0 Å². The third kappa shape index (κ3) is 3.10. The maximum atomic E-state index is 10.9. The molecule has 4 heteroatoms. The molecule has 0 aliphatic carbocycles. The number of H-pyrrole nitrogens is 1. The first-order valence-corrected chi connectivity index (χ1v) is 7.71. The first kappa shape index (κ1) is 14.1. The van der Waals surface area contributed by atoms with E-state index in [1.54, 1.807) is 0 Å². The van der Waals surface area contributed by atoms with Crippen LogP contribution in [0.25, 0.3) is 10.9 Å². The molecule has 0 saturated carbocycles. The number of rotatable bonds is 5. The highest BCUT2D eigenvalue weighted by Crippen LogP contribution is 2.25. The van der Waals surface area contributed by atoms with E-state index >= 15 is 0 Å². The number of carbonyl (C=O) groups is 1. The predicted molar refractivity (Wildman–Crippen MR) is 85.2 cm³/mol. The van der Waals surface area contributed by atoms with Gasteiger partial charge in [-0.2, -0.15) is 0 Å². The van der Waals surface area contributed by atoms with Gasteiger partial charge in [-0.15, -0.1) is 0 Å². The number of nitrogens with one attached hydrogen (secondary N) is 1. The summed E-state index contributed by atoms with van der Waals surface area (Å²) in [4.78, 5) is 16.7. The van der Waals surface area contributed by atoms with Crippen LogP contribution in [0.4, 0.5) is 0 Å². The molecule has 0 bridgehead atoms. The molecule has 0 radical (unpaired) electrons. The lowest BCUT2D eigenvalue weighted by Gasteiger charge is -2.18. The van der Waals surface area contributed by atoms with E-state index < -0.39 is 0 Å². The molecule has 1 aromatic heterocycles. The number of aryl methyl sites for hydroxylation is 1. The summed E-state index contributed by atoms with van der Waals surface area (Å²) in [5, 5.41) is 1.29. The Morgan fingerprint density at radius 3 is 3.05 bits per heavy atom. The smallest absolute Gasteiger partial charge is 0.217 e. The highest BCUT2D eigenvalue weighted by Gasteiger charge is 2.22. The van der Waals surface area contributed by atoms with Crippen LogP contribution in [0.2, 0.25) is 0 Å². The van der Waals surface area contributed by atoms with Crippen molar-refractivity contribution in [3.63, 3.8) is 0 Å². The maximum absolute atomic E-state index is 10.9. The molecule has 1 aliphatic rings. The van der Waals surface area contributed by atoms with Gasteiger partial charge in [0.25, 0.3) is 0 Å². The fourth-order valence-electron chi connectivity index (χ4n) is 3.31. The average molecular weight is 285 g/mol. The third-order valence-electron chi connectivity index (χ3n) is 4.62. The molecule has 2 aromatic rings. The van der Waals surface area contributed by atoms with Crippen molar-refractivity contribution in [2.45, 2.75) is 38.1 Å². The number of amides is 1. The number of nitrogens with zero attached hydrogens (tertiary/aromatic N) is 1. The van der Waals surface area contributed by atoms with Gasteiger partial charge in [-0.25, -0.2) is 0 Å². The van der Waals surface area contributed by atoms with Gasteiger partial charge in [-0.05, 0) is 62.5 Å². The molecule has 1 atom stereocenters. The SMILES string of the molecule is CN1CCC[C@@H]1Cc1c[nH]c2ccc(CCC(N)=O)cc12. The first-order valence-electron chi connectivity index (χ1n) is 7.71. The van der Waals surface area contributed by atoms with Gasteiger partial charge in [0.2, 0.25) is 5.91 Å². The number of fused-ring (bicyclic) bond motifs is 1. The first-order chi connectivity index (χ1) is 10.1. The Hall–Kier alpha value is -1.81. The minimum Gasteiger partial charge on any atom is -0.370 e. The minimum absolute atomic E-state index is 0.239. The van der Waals surface area contributed by atoms with Crippen LogP contribution in [0, 0.1) is 0 Å². The van der Waals surface area contributed by atoms with Crippen LogP contribution in [0.1, 0.15) is 30.4 Å². The van der Waals surface area contributed by atoms with Crippen LogP contribution in [0.3, 0.4) is 0 Å². The number of hydrogen-bond donors (Lipinski definition) is 2. The molecule has 0 unspecified atom stereocenters. The summed E-state index contributed by atoms with van der Waals surface area (Å²) in [7, 11) is 2.21. The van der Waals surface area contributed by atoms with Gasteiger partial charge in [-0.3, -0.25) is 4.79 Å². The normalized spacial score (nSPS) is 19.4. The zero-order chi connectivity index (χ0) is 14.8. The summed E-state index contributed by atoms with van der Waals surface area (Å²) in [6.45, 7) is 1.21. The molecular formula is C17H23N3O. The Kier molecular flexibility index (Phi) is 3.97. The van der Waals surface area contributed by atoms with E-state index in [2.05, 4.69) is 41.3 Å². The molecule has 112 valence electrons. The molecule has 3 N–H and O–H groups in total. The van der Waals surface area contributed by atoms with E-state index in [4.69, 9.17) is 5.73 Å². The van der Waals surface area contributed by atoms with Gasteiger partial charge in [0.1, 0.15) is 0 Å². The summed E-state index contributed by atoms with van der Waals surface area (Å²) in [6.07, 6.45) is 6.94. The molecule has 1 aliphatic heterocycles. The van der Waals surface area contributed by atoms with Gasteiger partial charge in [0.15, 0.2) is 0 Å². The van der Waals surface area contributed by atoms with Crippen LogP contribution in [-0.4, -0.2) is 35.4 Å². The average Bonchev–Trinajstić information content (AvgIpc) is 3.04. The largest absolute Gasteiger partial charge is 0.370 e. The molecule has 2 heterocycles. The standard InChI is InChI=1S/C17H23N3O/c1-20-8-2-3-14(20)10-13-11-19-16-6-4-12(9-15(13)16)5-7-17(18)21/h4,6,9,11,14,19H,2-3,5,7-8,10H2,1H3,(H2,18,21)/t14-/m1/s1. The lowest BCUT2D eigenvalue weighted by atomic mass is 10.0. The lowest BCUT2D eigenvalue weighted by molar-refractivity contribution is -0.117. The molecule has 1 fully saturated rings. The second-order valence-electron chi connectivity index (χ2n) is 6.14. The summed E-state index contributed by atoms with van der Waals surface area (Å²) in [5.41, 5.74) is 8.97. The molecule has 1 amide bonds. The Balaban J connectivity index is 1.81. The fraction of sp³-hybridized carbons (Fsp3) is 0.471. The molecule has 0 spiro atoms. The number of likely N-dealkylation sites (tertiary alicyclic amines) is 1. The Morgan fingerprint density at radius 1 is 1.48 bits per heavy atom. The van der Waals surface area contributed by atoms with E-state index in [0.29, 0.717) is 12.5 Å². The van der Waals surface area contributed by atoms with Crippen molar-refractivity contribution in [1.29, 1.82) is 0 Å². The van der Waals surface area contributed by atoms with E-state index in [1.165, 1.54) is 41.4 Å². The maximum Gasteiger partial charge on any atom is 0.217 e. The number of hydrogen-bond acceptors (Lipinski definition) is 2. The number of aromatic nitrogens is 1. The molecule has 3 rings (SSSR count). The lowest BCUT2D eigenvalue weighted by Crippen LogP contribution is -2.26. The van der Waals surface area contributed by atoms with Gasteiger partial charge in [0, 0.05) is 29.6 Å². The van der Waals surface area contributed by atoms with Crippen molar-refractivity contribution in [3.05, 3.63) is 35.5 Å². The third-order valence-corrected chi connectivity index (χ3v) is 4.62. The second kappa shape index (κ2) is 5.90. The Labute approximate surface area is 125 Å². The number of nitrogens with two attached hydrogens (primary N) is 1. The molecule has 1 saturated heterocycles. The van der Waals surface area contributed by atoms with E-state index in [-0.39, 0.29) is 5.91 Å². The summed E-state index contributed by atoms with van der Waals surface area (Å²) in [5.74, 6) is -0.239. The van der Waals surface area contributed by atoms with Crippen LogP contribution in [-0.2, 0) is 17.6 Å². The zero-order valence-electron chi connectivity index (χ0n) is 12.6. The molecule has 1 aromatic carbocycles. The molecular weight excluding hydrogens is 262 g/mol. The van der Waals surface area contributed by atoms with Crippen LogP contribution >= 0.6 is 0 Å². The summed E-state index contributed by atoms with van der Waals surface area (Å²) >= 11 is 0. The number of carbonyl (C=O) groups excluding carboxylic acids is 1. The van der Waals surface area contributed by atoms with E-state index in [0.717, 1.165) is 12.8 Å². The minimum atomic E-state index is -0.239. The van der Waals surface area contributed by atoms with Crippen LogP contribution in [0.5, 0.6) is 0 Å². The monoisotopic (exact) mass is 285 g/mol. The van der Waals surface area contributed by atoms with Gasteiger partial charge < -0.3 is 15.6 Å². The highest BCUT2D eigenvalue weighted by atomic mass is 16.1. The Morgan fingerprint density at radius 2 is 2.33 bits per heavy atom. The van der Waals surface area contributed by atoms with Crippen LogP contribution < -0.4 is 5.73 Å². The highest BCUT2D eigenvalue weighted by molar-refractivity contribution is 5.84. The second-order valence-corrected chi connectivity index (χ2v) is 6.14. The fourth-order valence-corrected chi connectivity index (χ4v) is 3.31. The van der Waals surface area contributed by atoms with Crippen molar-refractivity contribution in [3.8, 4) is 0 Å². The zero-order valence-corrected chi connectivity index (χ0v) is 12.6. The van der Waals surface area contributed by atoms with Crippen molar-refractivity contribution >= 4 is 16.8 Å². The summed E-state index contributed by atoms with van der Waals surface area (Å²) < 4.78 is 0. The predicted octanol–water partition coefficient (Wildman–Crippen LogP) is 2.22. The molecule has 21 heavy (non-hydrogen) atoms. The number of likely N-dealkylation sites (N-methyl/N-ethyl adjacent to an activating group) is 1. The Bertz CT molecular complexity index is 647. The van der Waals surface area contributed by atoms with Crippen LogP contribution in [0.15, 0.2) is 24.4 Å². The van der Waals surface area contributed by atoms with Crippen molar-refractivity contribution in [2.75, 3.05) is 13.6 Å². The van der Waals surface area contributed by atoms with Crippen molar-refractivity contribution in [1.82, 2.24) is 9.88 Å². The topological polar surface area (TPSA) is 62.1 Å². The van der Waals surface area contributed by atoms with Gasteiger partial charge >= 0.3 is 0 Å². The molecule has 4 nitrogen and oxygen atoms in total. The number of benzene rings is 1.